The number of anilines is 2. The zero-order valence-electron chi connectivity index (χ0n) is 14.9. The number of hydrogen-bond acceptors (Lipinski definition) is 4. The Morgan fingerprint density at radius 1 is 1.21 bits per heavy atom. The Kier molecular flexibility index (Phi) is 4.26. The van der Waals surface area contributed by atoms with Crippen molar-refractivity contribution in [3.8, 4) is 0 Å². The number of fused-ring (bicyclic) bond motifs is 1. The molecule has 1 N–H and O–H groups in total. The Morgan fingerprint density at radius 3 is 2.62 bits per heavy atom. The molecule has 1 aromatic carbocycles. The molecular weight excluding hydrogens is 300 g/mol. The molecule has 2 unspecified atom stereocenters. The number of benzene rings is 1. The molecule has 126 valence electrons. The van der Waals surface area contributed by atoms with Gasteiger partial charge in [0, 0.05) is 36.5 Å². The van der Waals surface area contributed by atoms with E-state index in [2.05, 4.69) is 48.2 Å². The molecule has 5 nitrogen and oxygen atoms in total. The second-order valence-corrected chi connectivity index (χ2v) is 6.69. The number of carbonyl (C=O) groups is 1. The van der Waals surface area contributed by atoms with Gasteiger partial charge >= 0.3 is 0 Å². The molecule has 0 radical (unpaired) electrons. The van der Waals surface area contributed by atoms with E-state index in [0.717, 1.165) is 16.9 Å². The van der Waals surface area contributed by atoms with E-state index in [0.29, 0.717) is 5.95 Å². The molecule has 1 aromatic heterocycles. The van der Waals surface area contributed by atoms with Crippen molar-refractivity contribution < 1.29 is 4.79 Å². The number of rotatable bonds is 2. The minimum absolute atomic E-state index is 0.0623. The summed E-state index contributed by atoms with van der Waals surface area (Å²) < 4.78 is 0. The molecule has 0 fully saturated rings. The molecule has 0 saturated heterocycles. The van der Waals surface area contributed by atoms with Gasteiger partial charge in [-0.15, -0.1) is 0 Å². The maximum absolute atomic E-state index is 12.2. The zero-order chi connectivity index (χ0) is 17.4. The number of aryl methyl sites for hydroxylation is 2. The van der Waals surface area contributed by atoms with Gasteiger partial charge in [-0.05, 0) is 38.5 Å². The van der Waals surface area contributed by atoms with Gasteiger partial charge in [0.2, 0.25) is 11.9 Å². The lowest BCUT2D eigenvalue weighted by atomic mass is 9.82. The van der Waals surface area contributed by atoms with Gasteiger partial charge in [0.05, 0.1) is 6.04 Å². The summed E-state index contributed by atoms with van der Waals surface area (Å²) in [5.41, 5.74) is 4.21. The van der Waals surface area contributed by atoms with E-state index < -0.39 is 0 Å². The quantitative estimate of drug-likeness (QED) is 0.916. The first-order valence-corrected chi connectivity index (χ1v) is 8.35. The Labute approximate surface area is 143 Å². The highest BCUT2D eigenvalue weighted by Gasteiger charge is 2.38. The summed E-state index contributed by atoms with van der Waals surface area (Å²) in [6.07, 6.45) is 1.76. The second kappa shape index (κ2) is 6.23. The van der Waals surface area contributed by atoms with Crippen molar-refractivity contribution in [3.05, 3.63) is 47.3 Å². The molecule has 1 amide bonds. The van der Waals surface area contributed by atoms with Crippen molar-refractivity contribution in [3.63, 3.8) is 0 Å². The van der Waals surface area contributed by atoms with Crippen LogP contribution in [0.1, 0.15) is 43.6 Å². The van der Waals surface area contributed by atoms with Gasteiger partial charge in [-0.1, -0.05) is 24.6 Å². The molecule has 0 spiro atoms. The van der Waals surface area contributed by atoms with Crippen molar-refractivity contribution in [1.82, 2.24) is 9.97 Å². The lowest BCUT2D eigenvalue weighted by Gasteiger charge is -2.44. The van der Waals surface area contributed by atoms with Gasteiger partial charge in [-0.2, -0.15) is 0 Å². The largest absolute Gasteiger partial charge is 0.347 e. The van der Waals surface area contributed by atoms with E-state index in [9.17, 15) is 4.79 Å². The fourth-order valence-electron chi connectivity index (χ4n) is 3.48. The van der Waals surface area contributed by atoms with Crippen LogP contribution in [0.25, 0.3) is 0 Å². The predicted molar refractivity (Wildman–Crippen MR) is 96.1 cm³/mol. The second-order valence-electron chi connectivity index (χ2n) is 6.69. The van der Waals surface area contributed by atoms with E-state index in [1.807, 2.05) is 24.0 Å². The van der Waals surface area contributed by atoms with E-state index >= 15 is 0 Å². The summed E-state index contributed by atoms with van der Waals surface area (Å²) in [6.45, 7) is 9.92. The molecule has 0 aliphatic carbocycles. The van der Waals surface area contributed by atoms with Crippen molar-refractivity contribution in [1.29, 1.82) is 0 Å². The highest BCUT2D eigenvalue weighted by atomic mass is 16.2. The standard InChI is InChI=1S/C19H24N4O/c1-11-6-7-17-16(10-11)18(13(3)14(4)23(17)15(5)24)22-19-20-9-8-12(2)21-19/h6-10,13-14,18H,1-5H3,(H,20,21,22)/t13?,14-,18?/m0/s1. The van der Waals surface area contributed by atoms with E-state index in [4.69, 9.17) is 0 Å². The van der Waals surface area contributed by atoms with E-state index in [1.165, 1.54) is 5.56 Å². The highest BCUT2D eigenvalue weighted by molar-refractivity contribution is 5.94. The van der Waals surface area contributed by atoms with E-state index in [-0.39, 0.29) is 23.9 Å². The van der Waals surface area contributed by atoms with E-state index in [1.54, 1.807) is 13.1 Å². The third-order valence-corrected chi connectivity index (χ3v) is 4.89. The monoisotopic (exact) mass is 324 g/mol. The van der Waals surface area contributed by atoms with Crippen LogP contribution in [0.3, 0.4) is 0 Å². The Morgan fingerprint density at radius 2 is 1.96 bits per heavy atom. The Hall–Kier alpha value is -2.43. The van der Waals surface area contributed by atoms with Gasteiger partial charge < -0.3 is 10.2 Å². The SMILES string of the molecule is CC(=O)N1c2ccc(C)cc2C(Nc2nccc(C)n2)C(C)[C@@H]1C. The topological polar surface area (TPSA) is 58.1 Å². The number of hydrogen-bond donors (Lipinski definition) is 1. The summed E-state index contributed by atoms with van der Waals surface area (Å²) >= 11 is 0. The molecule has 2 aromatic rings. The Balaban J connectivity index is 2.07. The average Bonchev–Trinajstić information content (AvgIpc) is 2.52. The number of amides is 1. The van der Waals surface area contributed by atoms with Crippen molar-refractivity contribution in [2.24, 2.45) is 5.92 Å². The van der Waals surface area contributed by atoms with Crippen molar-refractivity contribution in [2.75, 3.05) is 10.2 Å². The molecular formula is C19H24N4O. The van der Waals surface area contributed by atoms with Crippen LogP contribution in [0.15, 0.2) is 30.5 Å². The maximum atomic E-state index is 12.2. The molecule has 24 heavy (non-hydrogen) atoms. The number of nitrogens with zero attached hydrogens (tertiary/aromatic N) is 3. The molecule has 0 bridgehead atoms. The first-order valence-electron chi connectivity index (χ1n) is 8.35. The number of nitrogens with one attached hydrogen (secondary N) is 1. The molecule has 1 aliphatic heterocycles. The maximum Gasteiger partial charge on any atom is 0.224 e. The molecule has 3 rings (SSSR count). The van der Waals surface area contributed by atoms with Gasteiger partial charge in [-0.25, -0.2) is 9.97 Å². The van der Waals surface area contributed by atoms with Crippen LogP contribution in [-0.2, 0) is 4.79 Å². The fourth-order valence-corrected chi connectivity index (χ4v) is 3.48. The predicted octanol–water partition coefficient (Wildman–Crippen LogP) is 3.64. The molecule has 2 heterocycles. The van der Waals surface area contributed by atoms with Gasteiger partial charge in [0.1, 0.15) is 0 Å². The minimum Gasteiger partial charge on any atom is -0.347 e. The smallest absolute Gasteiger partial charge is 0.224 e. The first kappa shape index (κ1) is 16.4. The summed E-state index contributed by atoms with van der Waals surface area (Å²) in [5, 5.41) is 3.48. The third-order valence-electron chi connectivity index (χ3n) is 4.89. The summed E-state index contributed by atoms with van der Waals surface area (Å²) in [7, 11) is 0. The highest BCUT2D eigenvalue weighted by Crippen LogP contribution is 2.42. The van der Waals surface area contributed by atoms with Crippen LogP contribution in [0.4, 0.5) is 11.6 Å². The first-order chi connectivity index (χ1) is 11.4. The van der Waals surface area contributed by atoms with Gasteiger partial charge in [-0.3, -0.25) is 4.79 Å². The molecule has 1 aliphatic rings. The Bertz CT molecular complexity index is 774. The van der Waals surface area contributed by atoms with Crippen LogP contribution in [0.5, 0.6) is 0 Å². The van der Waals surface area contributed by atoms with Crippen LogP contribution in [0, 0.1) is 19.8 Å². The van der Waals surface area contributed by atoms with Gasteiger partial charge in [0.25, 0.3) is 0 Å². The molecule has 5 heteroatoms. The normalized spacial score (nSPS) is 22.9. The molecule has 0 saturated carbocycles. The molecule has 3 atom stereocenters. The minimum atomic E-state index is 0.0623. The lowest BCUT2D eigenvalue weighted by Crippen LogP contribution is -2.48. The average molecular weight is 324 g/mol. The number of carbonyl (C=O) groups excluding carboxylic acids is 1. The zero-order valence-corrected chi connectivity index (χ0v) is 14.9. The van der Waals surface area contributed by atoms with Gasteiger partial charge in [0.15, 0.2) is 0 Å². The summed E-state index contributed by atoms with van der Waals surface area (Å²) in [4.78, 5) is 22.9. The van der Waals surface area contributed by atoms with Crippen LogP contribution >= 0.6 is 0 Å². The van der Waals surface area contributed by atoms with Crippen LogP contribution in [-0.4, -0.2) is 21.9 Å². The van der Waals surface area contributed by atoms with Crippen molar-refractivity contribution >= 4 is 17.5 Å². The summed E-state index contributed by atoms with van der Waals surface area (Å²) in [6, 6.07) is 8.29. The van der Waals surface area contributed by atoms with Crippen LogP contribution in [0.2, 0.25) is 0 Å². The van der Waals surface area contributed by atoms with Crippen LogP contribution < -0.4 is 10.2 Å². The van der Waals surface area contributed by atoms with Crippen molar-refractivity contribution in [2.45, 2.75) is 46.7 Å². The third kappa shape index (κ3) is 2.86. The number of aromatic nitrogens is 2. The fraction of sp³-hybridized carbons (Fsp3) is 0.421. The summed E-state index contributed by atoms with van der Waals surface area (Å²) in [5.74, 6) is 0.930. The lowest BCUT2D eigenvalue weighted by molar-refractivity contribution is -0.117.